The Bertz CT molecular complexity index is 1210. The molecule has 0 radical (unpaired) electrons. The number of nitrogens with two attached hydrogens (primary N) is 1. The Morgan fingerprint density at radius 1 is 1.16 bits per heavy atom. The van der Waals surface area contributed by atoms with Gasteiger partial charge in [0.1, 0.15) is 16.4 Å². The summed E-state index contributed by atoms with van der Waals surface area (Å²) in [5.41, 5.74) is 7.95. The van der Waals surface area contributed by atoms with E-state index in [-0.39, 0.29) is 12.1 Å². The first-order valence-electron chi connectivity index (χ1n) is 12.4. The lowest BCUT2D eigenvalue weighted by Gasteiger charge is -2.30. The van der Waals surface area contributed by atoms with Crippen molar-refractivity contribution in [2.75, 3.05) is 25.0 Å². The number of ether oxygens (including phenoxy) is 1. The maximum absolute atomic E-state index is 12.6. The first-order chi connectivity index (χ1) is 17.7. The van der Waals surface area contributed by atoms with Crippen molar-refractivity contribution in [3.05, 3.63) is 77.5 Å². The molecule has 3 N–H and O–H groups in total. The summed E-state index contributed by atoms with van der Waals surface area (Å²) >= 11 is 1.54. The smallest absolute Gasteiger partial charge is 0.410 e. The molecule has 3 aromatic rings. The molecule has 0 saturated carbocycles. The number of benzene rings is 1. The molecule has 9 heteroatoms. The summed E-state index contributed by atoms with van der Waals surface area (Å²) < 4.78 is 5.57. The van der Waals surface area contributed by atoms with E-state index in [0.717, 1.165) is 28.3 Å². The van der Waals surface area contributed by atoms with Crippen LogP contribution in [0.15, 0.2) is 76.9 Å². The standard InChI is InChI=1S/C28H34N6O2S/c1-28(2,3)36-27(35)34-15-7-10-23(19-34)37-25-17-24(32-26(33-25)21-11-13-30-14-12-21)31-18-22(29)16-20-8-5-4-6-9-20/h4-6,8-14,17,22H,7,15-16,18-19,29H2,1-3H3,(H,31,32,33)/t22-/m0/s1. The summed E-state index contributed by atoms with van der Waals surface area (Å²) in [5.74, 6) is 1.31. The lowest BCUT2D eigenvalue weighted by molar-refractivity contribution is 0.0266. The fraction of sp³-hybridized carbons (Fsp3) is 0.357. The molecule has 194 valence electrons. The van der Waals surface area contributed by atoms with E-state index in [0.29, 0.717) is 31.3 Å². The molecule has 3 heterocycles. The SMILES string of the molecule is CC(C)(C)OC(=O)N1CCC=C(Sc2cc(NC[C@@H](N)Cc3ccccc3)nc(-c3ccncc3)n2)C1. The Labute approximate surface area is 222 Å². The molecule has 1 atom stereocenters. The van der Waals surface area contributed by atoms with E-state index in [9.17, 15) is 4.79 Å². The van der Waals surface area contributed by atoms with Crippen LogP contribution in [0.25, 0.3) is 11.4 Å². The highest BCUT2D eigenvalue weighted by atomic mass is 32.2. The van der Waals surface area contributed by atoms with Crippen LogP contribution in [0.2, 0.25) is 0 Å². The van der Waals surface area contributed by atoms with Crippen LogP contribution < -0.4 is 11.1 Å². The zero-order chi connectivity index (χ0) is 26.3. The fourth-order valence-corrected chi connectivity index (χ4v) is 4.82. The molecule has 0 aliphatic carbocycles. The molecule has 1 aliphatic rings. The molecule has 0 unspecified atom stereocenters. The normalized spacial score (nSPS) is 14.6. The lowest BCUT2D eigenvalue weighted by atomic mass is 10.1. The van der Waals surface area contributed by atoms with Crippen molar-refractivity contribution in [3.63, 3.8) is 0 Å². The molecule has 0 saturated heterocycles. The van der Waals surface area contributed by atoms with Gasteiger partial charge in [-0.3, -0.25) is 4.98 Å². The number of nitrogens with zero attached hydrogens (tertiary/aromatic N) is 4. The second-order valence-corrected chi connectivity index (χ2v) is 11.1. The number of thioether (sulfide) groups is 1. The summed E-state index contributed by atoms with van der Waals surface area (Å²) in [4.78, 5) is 29.0. The van der Waals surface area contributed by atoms with Crippen molar-refractivity contribution in [2.24, 2.45) is 5.73 Å². The summed E-state index contributed by atoms with van der Waals surface area (Å²) in [6, 6.07) is 15.8. The van der Waals surface area contributed by atoms with Crippen molar-refractivity contribution in [1.82, 2.24) is 19.9 Å². The van der Waals surface area contributed by atoms with Gasteiger partial charge < -0.3 is 20.7 Å². The molecule has 37 heavy (non-hydrogen) atoms. The van der Waals surface area contributed by atoms with Gasteiger partial charge in [-0.25, -0.2) is 14.8 Å². The van der Waals surface area contributed by atoms with E-state index in [4.69, 9.17) is 20.4 Å². The third-order valence-electron chi connectivity index (χ3n) is 5.53. The van der Waals surface area contributed by atoms with Crippen molar-refractivity contribution in [2.45, 2.75) is 50.3 Å². The van der Waals surface area contributed by atoms with Crippen molar-refractivity contribution >= 4 is 23.7 Å². The van der Waals surface area contributed by atoms with Crippen molar-refractivity contribution < 1.29 is 9.53 Å². The Morgan fingerprint density at radius 2 is 1.92 bits per heavy atom. The quantitative estimate of drug-likeness (QED) is 0.395. The number of pyridine rings is 1. The van der Waals surface area contributed by atoms with Crippen LogP contribution >= 0.6 is 11.8 Å². The minimum absolute atomic E-state index is 0.0683. The first-order valence-corrected chi connectivity index (χ1v) is 13.2. The van der Waals surface area contributed by atoms with E-state index >= 15 is 0 Å². The third kappa shape index (κ3) is 8.30. The molecule has 0 fully saturated rings. The average molecular weight is 519 g/mol. The minimum Gasteiger partial charge on any atom is -0.444 e. The van der Waals surface area contributed by atoms with Crippen LogP contribution in [0.1, 0.15) is 32.8 Å². The summed E-state index contributed by atoms with van der Waals surface area (Å²) in [5, 5.41) is 4.19. The highest BCUT2D eigenvalue weighted by molar-refractivity contribution is 8.03. The zero-order valence-electron chi connectivity index (χ0n) is 21.6. The largest absolute Gasteiger partial charge is 0.444 e. The average Bonchev–Trinajstić information content (AvgIpc) is 2.88. The number of carbonyl (C=O) groups excluding carboxylic acids is 1. The van der Waals surface area contributed by atoms with E-state index in [1.165, 1.54) is 17.3 Å². The number of amides is 1. The van der Waals surface area contributed by atoms with Crippen molar-refractivity contribution in [1.29, 1.82) is 0 Å². The molecule has 1 aliphatic heterocycles. The first kappa shape index (κ1) is 26.6. The second kappa shape index (κ2) is 12.2. The number of rotatable bonds is 8. The Balaban J connectivity index is 1.48. The van der Waals surface area contributed by atoms with Gasteiger partial charge in [0.2, 0.25) is 0 Å². The van der Waals surface area contributed by atoms with Gasteiger partial charge in [-0.05, 0) is 51.3 Å². The monoisotopic (exact) mass is 518 g/mol. The number of anilines is 1. The van der Waals surface area contributed by atoms with E-state index in [2.05, 4.69) is 28.5 Å². The van der Waals surface area contributed by atoms with Gasteiger partial charge in [0.05, 0.1) is 6.54 Å². The van der Waals surface area contributed by atoms with Gasteiger partial charge in [0.25, 0.3) is 0 Å². The van der Waals surface area contributed by atoms with E-state index < -0.39 is 5.60 Å². The number of hydrogen-bond acceptors (Lipinski definition) is 8. The van der Waals surface area contributed by atoms with E-state index in [1.807, 2.05) is 57.2 Å². The van der Waals surface area contributed by atoms with Gasteiger partial charge in [-0.15, -0.1) is 0 Å². The Hall–Kier alpha value is -3.43. The molecule has 1 aromatic carbocycles. The lowest BCUT2D eigenvalue weighted by Crippen LogP contribution is -2.39. The fourth-order valence-electron chi connectivity index (χ4n) is 3.83. The third-order valence-corrected chi connectivity index (χ3v) is 6.51. The molecule has 2 aromatic heterocycles. The van der Waals surface area contributed by atoms with Crippen LogP contribution in [0.3, 0.4) is 0 Å². The summed E-state index contributed by atoms with van der Waals surface area (Å²) in [6.07, 6.45) is 6.85. The molecular weight excluding hydrogens is 484 g/mol. The van der Waals surface area contributed by atoms with Gasteiger partial charge in [-0.2, -0.15) is 0 Å². The van der Waals surface area contributed by atoms with Gasteiger partial charge in [0, 0.05) is 48.1 Å². The number of carbonyl (C=O) groups is 1. The number of hydrogen-bond donors (Lipinski definition) is 2. The predicted molar refractivity (Wildman–Crippen MR) is 148 cm³/mol. The minimum atomic E-state index is -0.528. The Morgan fingerprint density at radius 3 is 2.65 bits per heavy atom. The molecule has 0 spiro atoms. The van der Waals surface area contributed by atoms with Crippen molar-refractivity contribution in [3.8, 4) is 11.4 Å². The van der Waals surface area contributed by atoms with Crippen LogP contribution in [-0.4, -0.2) is 57.2 Å². The highest BCUT2D eigenvalue weighted by Crippen LogP contribution is 2.31. The highest BCUT2D eigenvalue weighted by Gasteiger charge is 2.25. The zero-order valence-corrected chi connectivity index (χ0v) is 22.4. The molecular formula is C28H34N6O2S. The van der Waals surface area contributed by atoms with Gasteiger partial charge >= 0.3 is 6.09 Å². The van der Waals surface area contributed by atoms with E-state index in [1.54, 1.807) is 17.3 Å². The van der Waals surface area contributed by atoms with Crippen LogP contribution in [-0.2, 0) is 11.2 Å². The maximum atomic E-state index is 12.6. The van der Waals surface area contributed by atoms with Gasteiger partial charge in [0.15, 0.2) is 5.82 Å². The molecule has 4 rings (SSSR count). The van der Waals surface area contributed by atoms with Crippen LogP contribution in [0.5, 0.6) is 0 Å². The summed E-state index contributed by atoms with van der Waals surface area (Å²) in [6.45, 7) is 7.32. The molecule has 0 bridgehead atoms. The predicted octanol–water partition coefficient (Wildman–Crippen LogP) is 5.14. The maximum Gasteiger partial charge on any atom is 0.410 e. The number of nitrogens with one attached hydrogen (secondary N) is 1. The summed E-state index contributed by atoms with van der Waals surface area (Å²) in [7, 11) is 0. The van der Waals surface area contributed by atoms with Gasteiger partial charge in [-0.1, -0.05) is 48.2 Å². The van der Waals surface area contributed by atoms with Crippen LogP contribution in [0.4, 0.5) is 10.6 Å². The second-order valence-electron chi connectivity index (χ2n) is 9.94. The van der Waals surface area contributed by atoms with Crippen LogP contribution in [0, 0.1) is 0 Å². The molecule has 8 nitrogen and oxygen atoms in total. The molecule has 1 amide bonds. The topological polar surface area (TPSA) is 106 Å². The number of aromatic nitrogens is 3. The Kier molecular flexibility index (Phi) is 8.78.